The lowest BCUT2D eigenvalue weighted by atomic mass is 10.1. The van der Waals surface area contributed by atoms with Crippen molar-refractivity contribution in [3.63, 3.8) is 0 Å². The number of anilines is 1. The van der Waals surface area contributed by atoms with Gasteiger partial charge in [-0.05, 0) is 31.5 Å². The van der Waals surface area contributed by atoms with Gasteiger partial charge in [0.25, 0.3) is 5.91 Å². The SMILES string of the molecule is C=C(C)CN1C(=O)COc2ccc(C(C)N)cc21. The van der Waals surface area contributed by atoms with E-state index in [-0.39, 0.29) is 18.6 Å². The van der Waals surface area contributed by atoms with Crippen LogP contribution in [0.15, 0.2) is 30.4 Å². The van der Waals surface area contributed by atoms with Gasteiger partial charge in [0.2, 0.25) is 0 Å². The predicted molar refractivity (Wildman–Crippen MR) is 71.7 cm³/mol. The van der Waals surface area contributed by atoms with E-state index < -0.39 is 0 Å². The number of benzene rings is 1. The van der Waals surface area contributed by atoms with Gasteiger partial charge >= 0.3 is 0 Å². The zero-order valence-corrected chi connectivity index (χ0v) is 10.8. The first-order valence-corrected chi connectivity index (χ1v) is 5.96. The summed E-state index contributed by atoms with van der Waals surface area (Å²) >= 11 is 0. The van der Waals surface area contributed by atoms with Crippen LogP contribution in [0.4, 0.5) is 5.69 Å². The number of nitrogens with zero attached hydrogens (tertiary/aromatic N) is 1. The second kappa shape index (κ2) is 4.82. The Morgan fingerprint density at radius 2 is 2.33 bits per heavy atom. The Bertz CT molecular complexity index is 495. The first-order chi connectivity index (χ1) is 8.49. The van der Waals surface area contributed by atoms with Crippen LogP contribution in [-0.4, -0.2) is 19.1 Å². The fraction of sp³-hybridized carbons (Fsp3) is 0.357. The Hall–Kier alpha value is -1.81. The maximum absolute atomic E-state index is 11.9. The highest BCUT2D eigenvalue weighted by atomic mass is 16.5. The number of hydrogen-bond donors (Lipinski definition) is 1. The summed E-state index contributed by atoms with van der Waals surface area (Å²) in [6.45, 7) is 8.26. The summed E-state index contributed by atoms with van der Waals surface area (Å²) in [5.41, 5.74) is 8.57. The zero-order valence-electron chi connectivity index (χ0n) is 10.8. The first kappa shape index (κ1) is 12.6. The monoisotopic (exact) mass is 246 g/mol. The maximum atomic E-state index is 11.9. The molecule has 1 amide bonds. The van der Waals surface area contributed by atoms with Gasteiger partial charge < -0.3 is 15.4 Å². The van der Waals surface area contributed by atoms with Gasteiger partial charge in [0.1, 0.15) is 5.75 Å². The molecule has 0 aliphatic carbocycles. The number of fused-ring (bicyclic) bond motifs is 1. The lowest BCUT2D eigenvalue weighted by molar-refractivity contribution is -0.121. The number of nitrogens with two attached hydrogens (primary N) is 1. The molecule has 96 valence electrons. The molecule has 0 saturated heterocycles. The van der Waals surface area contributed by atoms with Crippen molar-refractivity contribution >= 4 is 11.6 Å². The van der Waals surface area contributed by atoms with Gasteiger partial charge in [-0.2, -0.15) is 0 Å². The Kier molecular flexibility index (Phi) is 3.39. The number of carbonyl (C=O) groups excluding carboxylic acids is 1. The van der Waals surface area contributed by atoms with Crippen LogP contribution in [0.2, 0.25) is 0 Å². The van der Waals surface area contributed by atoms with E-state index in [0.717, 1.165) is 22.6 Å². The Morgan fingerprint density at radius 1 is 1.61 bits per heavy atom. The van der Waals surface area contributed by atoms with E-state index in [1.54, 1.807) is 4.90 Å². The van der Waals surface area contributed by atoms with Crippen LogP contribution in [0.25, 0.3) is 0 Å². The minimum Gasteiger partial charge on any atom is -0.482 e. The Balaban J connectivity index is 2.43. The molecule has 0 saturated carbocycles. The molecule has 1 aliphatic heterocycles. The molecule has 0 spiro atoms. The van der Waals surface area contributed by atoms with Crippen molar-refractivity contribution in [3.8, 4) is 5.75 Å². The smallest absolute Gasteiger partial charge is 0.265 e. The van der Waals surface area contributed by atoms with Crippen LogP contribution in [0, 0.1) is 0 Å². The third-order valence-corrected chi connectivity index (χ3v) is 2.88. The van der Waals surface area contributed by atoms with E-state index in [2.05, 4.69) is 6.58 Å². The Labute approximate surface area is 107 Å². The maximum Gasteiger partial charge on any atom is 0.265 e. The molecule has 1 heterocycles. The van der Waals surface area contributed by atoms with Gasteiger partial charge in [-0.15, -0.1) is 0 Å². The molecule has 0 fully saturated rings. The van der Waals surface area contributed by atoms with E-state index in [1.807, 2.05) is 32.0 Å². The average Bonchev–Trinajstić information content (AvgIpc) is 2.31. The number of carbonyl (C=O) groups is 1. The van der Waals surface area contributed by atoms with Crippen molar-refractivity contribution in [3.05, 3.63) is 35.9 Å². The lowest BCUT2D eigenvalue weighted by Gasteiger charge is -2.30. The second-order valence-corrected chi connectivity index (χ2v) is 4.74. The molecule has 1 atom stereocenters. The van der Waals surface area contributed by atoms with Crippen LogP contribution < -0.4 is 15.4 Å². The van der Waals surface area contributed by atoms with Crippen molar-refractivity contribution in [2.45, 2.75) is 19.9 Å². The summed E-state index contributed by atoms with van der Waals surface area (Å²) < 4.78 is 5.42. The highest BCUT2D eigenvalue weighted by Crippen LogP contribution is 2.34. The van der Waals surface area contributed by atoms with Gasteiger partial charge in [0, 0.05) is 12.6 Å². The Morgan fingerprint density at radius 3 is 2.94 bits per heavy atom. The fourth-order valence-corrected chi connectivity index (χ4v) is 1.95. The van der Waals surface area contributed by atoms with E-state index in [9.17, 15) is 4.79 Å². The van der Waals surface area contributed by atoms with Crippen LogP contribution in [0.5, 0.6) is 5.75 Å². The highest BCUT2D eigenvalue weighted by Gasteiger charge is 2.25. The highest BCUT2D eigenvalue weighted by molar-refractivity contribution is 5.98. The van der Waals surface area contributed by atoms with Crippen LogP contribution in [0.3, 0.4) is 0 Å². The average molecular weight is 246 g/mol. The second-order valence-electron chi connectivity index (χ2n) is 4.74. The van der Waals surface area contributed by atoms with Crippen LogP contribution in [-0.2, 0) is 4.79 Å². The van der Waals surface area contributed by atoms with E-state index >= 15 is 0 Å². The molecular weight excluding hydrogens is 228 g/mol. The number of amides is 1. The van der Waals surface area contributed by atoms with E-state index in [1.165, 1.54) is 0 Å². The molecule has 2 N–H and O–H groups in total. The third-order valence-electron chi connectivity index (χ3n) is 2.88. The third kappa shape index (κ3) is 2.38. The van der Waals surface area contributed by atoms with Crippen LogP contribution >= 0.6 is 0 Å². The number of hydrogen-bond acceptors (Lipinski definition) is 3. The topological polar surface area (TPSA) is 55.6 Å². The molecule has 0 radical (unpaired) electrons. The molecule has 1 aliphatic rings. The molecular formula is C14H18N2O2. The number of ether oxygens (including phenoxy) is 1. The summed E-state index contributed by atoms with van der Waals surface area (Å²) in [7, 11) is 0. The molecule has 4 heteroatoms. The van der Waals surface area contributed by atoms with Gasteiger partial charge in [0.15, 0.2) is 6.61 Å². The summed E-state index contributed by atoms with van der Waals surface area (Å²) in [5.74, 6) is 0.674. The molecule has 1 unspecified atom stereocenters. The minimum atomic E-state index is -0.0704. The fourth-order valence-electron chi connectivity index (χ4n) is 1.95. The lowest BCUT2D eigenvalue weighted by Crippen LogP contribution is -2.39. The van der Waals surface area contributed by atoms with Crippen molar-refractivity contribution in [2.75, 3.05) is 18.1 Å². The normalized spacial score (nSPS) is 15.9. The summed E-state index contributed by atoms with van der Waals surface area (Å²) in [6, 6.07) is 5.64. The van der Waals surface area contributed by atoms with Crippen molar-refractivity contribution in [2.24, 2.45) is 5.73 Å². The van der Waals surface area contributed by atoms with Crippen LogP contribution in [0.1, 0.15) is 25.5 Å². The van der Waals surface area contributed by atoms with Crippen molar-refractivity contribution < 1.29 is 9.53 Å². The van der Waals surface area contributed by atoms with E-state index in [4.69, 9.17) is 10.5 Å². The molecule has 0 bridgehead atoms. The summed E-state index contributed by atoms with van der Waals surface area (Å²) in [5, 5.41) is 0. The van der Waals surface area contributed by atoms with Crippen molar-refractivity contribution in [1.29, 1.82) is 0 Å². The standard InChI is InChI=1S/C14H18N2O2/c1-9(2)7-16-12-6-11(10(3)15)4-5-13(12)18-8-14(16)17/h4-6,10H,1,7-8,15H2,2-3H3. The van der Waals surface area contributed by atoms with E-state index in [0.29, 0.717) is 6.54 Å². The van der Waals surface area contributed by atoms with Gasteiger partial charge in [0.05, 0.1) is 5.69 Å². The predicted octanol–water partition coefficient (Wildman–Crippen LogP) is 2.01. The first-order valence-electron chi connectivity index (χ1n) is 5.96. The van der Waals surface area contributed by atoms with Crippen molar-refractivity contribution in [1.82, 2.24) is 0 Å². The summed E-state index contributed by atoms with van der Waals surface area (Å²) in [6.07, 6.45) is 0. The molecule has 0 aromatic heterocycles. The zero-order chi connectivity index (χ0) is 13.3. The molecule has 1 aromatic carbocycles. The molecule has 2 rings (SSSR count). The van der Waals surface area contributed by atoms with Gasteiger partial charge in [-0.25, -0.2) is 0 Å². The quantitative estimate of drug-likeness (QED) is 0.830. The largest absolute Gasteiger partial charge is 0.482 e. The van der Waals surface area contributed by atoms with Gasteiger partial charge in [-0.1, -0.05) is 18.2 Å². The number of rotatable bonds is 3. The van der Waals surface area contributed by atoms with Gasteiger partial charge in [-0.3, -0.25) is 4.79 Å². The molecule has 18 heavy (non-hydrogen) atoms. The molecule has 1 aromatic rings. The minimum absolute atomic E-state index is 0.0488. The summed E-state index contributed by atoms with van der Waals surface area (Å²) in [4.78, 5) is 13.6. The molecule has 4 nitrogen and oxygen atoms in total.